The van der Waals surface area contributed by atoms with E-state index in [9.17, 15) is 22.8 Å². The Morgan fingerprint density at radius 1 is 1.42 bits per heavy atom. The van der Waals surface area contributed by atoms with Gasteiger partial charge in [-0.15, -0.1) is 11.3 Å². The highest BCUT2D eigenvalue weighted by atomic mass is 32.1. The van der Waals surface area contributed by atoms with Crippen LogP contribution in [-0.4, -0.2) is 41.0 Å². The molecular weight excluding hydrogens is 343 g/mol. The normalized spacial score (nSPS) is 24.2. The maximum Gasteiger partial charge on any atom is 0.406 e. The van der Waals surface area contributed by atoms with Crippen molar-refractivity contribution < 1.29 is 22.8 Å². The summed E-state index contributed by atoms with van der Waals surface area (Å²) in [4.78, 5) is 30.1. The number of hydrogen-bond acceptors (Lipinski definition) is 4. The van der Waals surface area contributed by atoms with Gasteiger partial charge in [0, 0.05) is 17.8 Å². The summed E-state index contributed by atoms with van der Waals surface area (Å²) >= 11 is 1.42. The molecule has 0 aromatic carbocycles. The number of likely N-dealkylation sites (tertiary alicyclic amines) is 1. The highest BCUT2D eigenvalue weighted by Gasteiger charge is 2.40. The summed E-state index contributed by atoms with van der Waals surface area (Å²) in [6.45, 7) is 0.658. The van der Waals surface area contributed by atoms with Crippen LogP contribution in [0.25, 0.3) is 0 Å². The molecule has 1 aromatic heterocycles. The van der Waals surface area contributed by atoms with Crippen molar-refractivity contribution in [1.82, 2.24) is 9.88 Å². The van der Waals surface area contributed by atoms with E-state index >= 15 is 0 Å². The molecule has 1 aromatic rings. The molecule has 9 heteroatoms. The van der Waals surface area contributed by atoms with Crippen LogP contribution >= 0.6 is 11.3 Å². The summed E-state index contributed by atoms with van der Waals surface area (Å²) in [6.07, 6.45) is -1.77. The first-order valence-corrected chi connectivity index (χ1v) is 8.67. The van der Waals surface area contributed by atoms with Crippen LogP contribution in [0, 0.1) is 11.8 Å². The Bertz CT molecular complexity index is 659. The summed E-state index contributed by atoms with van der Waals surface area (Å²) in [5.41, 5.74) is 0.995. The number of anilines is 1. The van der Waals surface area contributed by atoms with Crippen LogP contribution in [0.4, 0.5) is 18.3 Å². The minimum atomic E-state index is -4.45. The van der Waals surface area contributed by atoms with Gasteiger partial charge in [0.15, 0.2) is 5.13 Å². The monoisotopic (exact) mass is 361 g/mol. The quantitative estimate of drug-likeness (QED) is 0.900. The lowest BCUT2D eigenvalue weighted by Crippen LogP contribution is -2.36. The zero-order valence-corrected chi connectivity index (χ0v) is 14.0. The van der Waals surface area contributed by atoms with Crippen LogP contribution in [0.5, 0.6) is 0 Å². The minimum absolute atomic E-state index is 0.190. The average Bonchev–Trinajstić information content (AvgIpc) is 3.00. The van der Waals surface area contributed by atoms with E-state index in [4.69, 9.17) is 0 Å². The largest absolute Gasteiger partial charge is 0.406 e. The lowest BCUT2D eigenvalue weighted by atomic mass is 9.93. The second-order valence-electron chi connectivity index (χ2n) is 6.52. The maximum absolute atomic E-state index is 12.4. The minimum Gasteiger partial charge on any atom is -0.333 e. The number of thiazole rings is 1. The Kier molecular flexibility index (Phi) is 4.54. The molecule has 1 saturated heterocycles. The number of nitrogens with one attached hydrogen (secondary N) is 1. The Balaban J connectivity index is 1.61. The van der Waals surface area contributed by atoms with Gasteiger partial charge in [-0.2, -0.15) is 13.2 Å². The summed E-state index contributed by atoms with van der Waals surface area (Å²) in [7, 11) is 0. The second kappa shape index (κ2) is 6.34. The maximum atomic E-state index is 12.4. The third kappa shape index (κ3) is 3.88. The molecule has 0 spiro atoms. The van der Waals surface area contributed by atoms with E-state index < -0.39 is 30.5 Å². The van der Waals surface area contributed by atoms with Gasteiger partial charge in [0.2, 0.25) is 11.8 Å². The summed E-state index contributed by atoms with van der Waals surface area (Å²) in [5.74, 6) is -1.25. The number of aromatic nitrogens is 1. The first kappa shape index (κ1) is 17.2. The van der Waals surface area contributed by atoms with Crippen LogP contribution in [0.1, 0.15) is 30.3 Å². The third-order valence-corrected chi connectivity index (χ3v) is 5.41. The Morgan fingerprint density at radius 3 is 2.88 bits per heavy atom. The van der Waals surface area contributed by atoms with Gasteiger partial charge in [0.25, 0.3) is 0 Å². The molecule has 2 aliphatic rings. The first-order chi connectivity index (χ1) is 11.2. The van der Waals surface area contributed by atoms with Crippen molar-refractivity contribution in [3.05, 3.63) is 10.6 Å². The number of aryl methyl sites for hydroxylation is 1. The predicted octanol–water partition coefficient (Wildman–Crippen LogP) is 2.62. The van der Waals surface area contributed by atoms with Crippen molar-refractivity contribution in [2.24, 2.45) is 11.8 Å². The molecule has 132 valence electrons. The number of alkyl halides is 3. The highest BCUT2D eigenvalue weighted by Crippen LogP contribution is 2.33. The first-order valence-electron chi connectivity index (χ1n) is 7.85. The van der Waals surface area contributed by atoms with E-state index in [0.717, 1.165) is 29.8 Å². The molecule has 0 bridgehead atoms. The fourth-order valence-electron chi connectivity index (χ4n) is 3.12. The third-order valence-electron chi connectivity index (χ3n) is 4.37. The molecule has 0 radical (unpaired) electrons. The van der Waals surface area contributed by atoms with Crippen LogP contribution < -0.4 is 5.32 Å². The SMILES string of the molecule is CC1CCc2nc(NC(=O)C3CC(=O)N(CC(F)(F)F)C3)sc2C1. The van der Waals surface area contributed by atoms with Crippen molar-refractivity contribution in [3.8, 4) is 0 Å². The summed E-state index contributed by atoms with van der Waals surface area (Å²) in [5, 5.41) is 3.14. The fraction of sp³-hybridized carbons (Fsp3) is 0.667. The van der Waals surface area contributed by atoms with Gasteiger partial charge < -0.3 is 10.2 Å². The van der Waals surface area contributed by atoms with E-state index in [0.29, 0.717) is 15.9 Å². The fourth-order valence-corrected chi connectivity index (χ4v) is 4.29. The zero-order chi connectivity index (χ0) is 17.5. The van der Waals surface area contributed by atoms with Crippen LogP contribution in [0.15, 0.2) is 0 Å². The molecule has 2 unspecified atom stereocenters. The van der Waals surface area contributed by atoms with Crippen LogP contribution in [0.2, 0.25) is 0 Å². The molecule has 2 amide bonds. The number of halogens is 3. The van der Waals surface area contributed by atoms with E-state index in [1.165, 1.54) is 11.3 Å². The topological polar surface area (TPSA) is 62.3 Å². The number of nitrogens with zero attached hydrogens (tertiary/aromatic N) is 2. The van der Waals surface area contributed by atoms with Crippen molar-refractivity contribution in [2.75, 3.05) is 18.4 Å². The van der Waals surface area contributed by atoms with E-state index in [-0.39, 0.29) is 13.0 Å². The summed E-state index contributed by atoms with van der Waals surface area (Å²) < 4.78 is 37.2. The Morgan fingerprint density at radius 2 is 2.17 bits per heavy atom. The number of carbonyl (C=O) groups excluding carboxylic acids is 2. The number of amides is 2. The van der Waals surface area contributed by atoms with Crippen molar-refractivity contribution in [2.45, 2.75) is 38.8 Å². The van der Waals surface area contributed by atoms with Gasteiger partial charge in [-0.3, -0.25) is 9.59 Å². The molecule has 5 nitrogen and oxygen atoms in total. The number of rotatable bonds is 3. The predicted molar refractivity (Wildman–Crippen MR) is 82.7 cm³/mol. The Hall–Kier alpha value is -1.64. The summed E-state index contributed by atoms with van der Waals surface area (Å²) in [6, 6.07) is 0. The molecule has 1 N–H and O–H groups in total. The van der Waals surface area contributed by atoms with Gasteiger partial charge >= 0.3 is 6.18 Å². The van der Waals surface area contributed by atoms with Gasteiger partial charge in [-0.1, -0.05) is 6.92 Å². The van der Waals surface area contributed by atoms with Gasteiger partial charge in [-0.25, -0.2) is 4.98 Å². The second-order valence-corrected chi connectivity index (χ2v) is 7.60. The molecule has 1 fully saturated rings. The molecule has 24 heavy (non-hydrogen) atoms. The standard InChI is InChI=1S/C15H18F3N3O2S/c1-8-2-3-10-11(4-8)24-14(19-10)20-13(23)9-5-12(22)21(6-9)7-15(16,17)18/h8-9H,2-7H2,1H3,(H,19,20,23). The van der Waals surface area contributed by atoms with Crippen LogP contribution in [0.3, 0.4) is 0 Å². The van der Waals surface area contributed by atoms with Gasteiger partial charge in [0.05, 0.1) is 11.6 Å². The van der Waals surface area contributed by atoms with Crippen molar-refractivity contribution in [1.29, 1.82) is 0 Å². The van der Waals surface area contributed by atoms with Gasteiger partial charge in [-0.05, 0) is 25.2 Å². The van der Waals surface area contributed by atoms with Crippen LogP contribution in [-0.2, 0) is 22.4 Å². The van der Waals surface area contributed by atoms with E-state index in [1.807, 2.05) is 0 Å². The zero-order valence-electron chi connectivity index (χ0n) is 13.2. The molecule has 1 aliphatic carbocycles. The average molecular weight is 361 g/mol. The molecule has 1 aliphatic heterocycles. The highest BCUT2D eigenvalue weighted by molar-refractivity contribution is 7.15. The number of hydrogen-bond donors (Lipinski definition) is 1. The lowest BCUT2D eigenvalue weighted by Gasteiger charge is -2.18. The smallest absolute Gasteiger partial charge is 0.333 e. The number of carbonyl (C=O) groups is 2. The lowest BCUT2D eigenvalue weighted by molar-refractivity contribution is -0.157. The molecule has 3 rings (SSSR count). The Labute approximate surface area is 141 Å². The van der Waals surface area contributed by atoms with E-state index in [1.54, 1.807) is 0 Å². The molecule has 2 heterocycles. The van der Waals surface area contributed by atoms with Crippen molar-refractivity contribution in [3.63, 3.8) is 0 Å². The molecule has 0 saturated carbocycles. The van der Waals surface area contributed by atoms with Gasteiger partial charge in [0.1, 0.15) is 6.54 Å². The van der Waals surface area contributed by atoms with Crippen molar-refractivity contribution >= 4 is 28.3 Å². The van der Waals surface area contributed by atoms with E-state index in [2.05, 4.69) is 17.2 Å². The molecular formula is C15H18F3N3O2S. The number of fused-ring (bicyclic) bond motifs is 1. The molecule has 2 atom stereocenters.